The molecule has 0 radical (unpaired) electrons. The second-order valence-electron chi connectivity index (χ2n) is 8.52. The zero-order chi connectivity index (χ0) is 21.3. The third kappa shape index (κ3) is 4.09. The Balaban J connectivity index is 1.71. The van der Waals surface area contributed by atoms with Gasteiger partial charge in [0.2, 0.25) is 0 Å². The van der Waals surface area contributed by atoms with Gasteiger partial charge < -0.3 is 4.74 Å². The normalized spacial score (nSPS) is 14.7. The van der Waals surface area contributed by atoms with Crippen molar-refractivity contribution in [3.8, 4) is 0 Å². The van der Waals surface area contributed by atoms with E-state index in [2.05, 4.69) is 20.8 Å². The summed E-state index contributed by atoms with van der Waals surface area (Å²) in [6.45, 7) is 10.3. The van der Waals surface area contributed by atoms with Crippen molar-refractivity contribution >= 4 is 17.8 Å². The van der Waals surface area contributed by atoms with Gasteiger partial charge in [-0.15, -0.1) is 0 Å². The molecule has 0 N–H and O–H groups in total. The number of rotatable bonds is 5. The maximum absolute atomic E-state index is 12.6. The molecular formula is C24H27NO4. The van der Waals surface area contributed by atoms with Crippen molar-refractivity contribution in [2.45, 2.75) is 59.1 Å². The van der Waals surface area contributed by atoms with E-state index in [-0.39, 0.29) is 41.0 Å². The minimum absolute atomic E-state index is 0.0623. The van der Waals surface area contributed by atoms with E-state index in [9.17, 15) is 14.4 Å². The van der Waals surface area contributed by atoms with E-state index in [0.29, 0.717) is 12.0 Å². The lowest BCUT2D eigenvalue weighted by Crippen LogP contribution is -2.37. The number of esters is 1. The van der Waals surface area contributed by atoms with E-state index in [4.69, 9.17) is 4.74 Å². The molecule has 0 aliphatic carbocycles. The molecule has 29 heavy (non-hydrogen) atoms. The summed E-state index contributed by atoms with van der Waals surface area (Å²) in [5.74, 6) is -1.18. The third-order valence-corrected chi connectivity index (χ3v) is 5.38. The highest BCUT2D eigenvalue weighted by molar-refractivity contribution is 6.22. The molecule has 0 unspecified atom stereocenters. The highest BCUT2D eigenvalue weighted by atomic mass is 16.5. The van der Waals surface area contributed by atoms with Crippen LogP contribution in [0.15, 0.2) is 42.5 Å². The molecule has 0 saturated carbocycles. The first kappa shape index (κ1) is 20.8. The van der Waals surface area contributed by atoms with Crippen molar-refractivity contribution in [3.05, 3.63) is 70.3 Å². The number of carbonyl (C=O) groups excluding carboxylic acids is 3. The van der Waals surface area contributed by atoms with Crippen LogP contribution < -0.4 is 0 Å². The molecule has 5 heteroatoms. The molecule has 0 aromatic heterocycles. The summed E-state index contributed by atoms with van der Waals surface area (Å²) in [5, 5.41) is 0. The molecule has 1 aliphatic heterocycles. The fourth-order valence-electron chi connectivity index (χ4n) is 3.30. The van der Waals surface area contributed by atoms with Gasteiger partial charge in [-0.1, -0.05) is 52.0 Å². The van der Waals surface area contributed by atoms with Crippen molar-refractivity contribution in [1.82, 2.24) is 4.90 Å². The Morgan fingerprint density at radius 3 is 2.21 bits per heavy atom. The molecule has 2 aromatic rings. The minimum atomic E-state index is -0.519. The molecule has 152 valence electrons. The SMILES string of the molecule is CC[C@@H](C)N1C(=O)c2ccc(C(=O)OCc3ccc(C(C)(C)C)cc3)cc2C1=O. The van der Waals surface area contributed by atoms with Crippen LogP contribution in [0.1, 0.15) is 83.2 Å². The highest BCUT2D eigenvalue weighted by Gasteiger charge is 2.38. The lowest BCUT2D eigenvalue weighted by Gasteiger charge is -2.20. The van der Waals surface area contributed by atoms with E-state index in [1.807, 2.05) is 38.1 Å². The monoisotopic (exact) mass is 393 g/mol. The van der Waals surface area contributed by atoms with Crippen molar-refractivity contribution in [2.24, 2.45) is 0 Å². The summed E-state index contributed by atoms with van der Waals surface area (Å²) in [7, 11) is 0. The Labute approximate surface area is 171 Å². The number of amides is 2. The first-order valence-corrected chi connectivity index (χ1v) is 9.92. The zero-order valence-corrected chi connectivity index (χ0v) is 17.6. The molecule has 0 spiro atoms. The van der Waals surface area contributed by atoms with Gasteiger partial charge in [0, 0.05) is 6.04 Å². The molecule has 1 heterocycles. The summed E-state index contributed by atoms with van der Waals surface area (Å²) in [5.41, 5.74) is 3.03. The standard InChI is InChI=1S/C24H27NO4/c1-6-15(2)25-21(26)19-12-9-17(13-20(19)22(25)27)23(28)29-14-16-7-10-18(11-8-16)24(3,4)5/h7-13,15H,6,14H2,1-5H3/t15-/m1/s1. The second-order valence-corrected chi connectivity index (χ2v) is 8.52. The molecule has 0 bridgehead atoms. The summed E-state index contributed by atoms with van der Waals surface area (Å²) >= 11 is 0. The lowest BCUT2D eigenvalue weighted by atomic mass is 9.87. The predicted octanol–water partition coefficient (Wildman–Crippen LogP) is 4.74. The summed E-state index contributed by atoms with van der Waals surface area (Å²) in [6, 6.07) is 12.3. The van der Waals surface area contributed by atoms with Gasteiger partial charge in [-0.2, -0.15) is 0 Å². The van der Waals surface area contributed by atoms with Gasteiger partial charge >= 0.3 is 5.97 Å². The van der Waals surface area contributed by atoms with Gasteiger partial charge in [0.1, 0.15) is 6.61 Å². The van der Waals surface area contributed by atoms with E-state index >= 15 is 0 Å². The van der Waals surface area contributed by atoms with Crippen molar-refractivity contribution in [2.75, 3.05) is 0 Å². The van der Waals surface area contributed by atoms with Gasteiger partial charge in [-0.3, -0.25) is 14.5 Å². The Bertz CT molecular complexity index is 954. The number of benzene rings is 2. The smallest absolute Gasteiger partial charge is 0.338 e. The molecule has 1 atom stereocenters. The van der Waals surface area contributed by atoms with Crippen LogP contribution in [-0.4, -0.2) is 28.7 Å². The third-order valence-electron chi connectivity index (χ3n) is 5.38. The van der Waals surface area contributed by atoms with Crippen LogP contribution in [0.3, 0.4) is 0 Å². The zero-order valence-electron chi connectivity index (χ0n) is 17.6. The number of fused-ring (bicyclic) bond motifs is 1. The minimum Gasteiger partial charge on any atom is -0.457 e. The van der Waals surface area contributed by atoms with Crippen LogP contribution in [0.4, 0.5) is 0 Å². The van der Waals surface area contributed by atoms with Crippen LogP contribution in [0.5, 0.6) is 0 Å². The Morgan fingerprint density at radius 1 is 1.00 bits per heavy atom. The van der Waals surface area contributed by atoms with E-state index in [1.54, 1.807) is 0 Å². The van der Waals surface area contributed by atoms with Gasteiger partial charge in [0.15, 0.2) is 0 Å². The quantitative estimate of drug-likeness (QED) is 0.544. The van der Waals surface area contributed by atoms with Crippen LogP contribution in [0.25, 0.3) is 0 Å². The van der Waals surface area contributed by atoms with Crippen LogP contribution in [-0.2, 0) is 16.8 Å². The molecule has 2 aromatic carbocycles. The number of nitrogens with zero attached hydrogens (tertiary/aromatic N) is 1. The van der Waals surface area contributed by atoms with Crippen molar-refractivity contribution < 1.29 is 19.1 Å². The van der Waals surface area contributed by atoms with Crippen LogP contribution >= 0.6 is 0 Å². The average Bonchev–Trinajstić information content (AvgIpc) is 2.95. The fourth-order valence-corrected chi connectivity index (χ4v) is 3.30. The molecule has 0 fully saturated rings. The first-order valence-electron chi connectivity index (χ1n) is 9.92. The Kier molecular flexibility index (Phi) is 5.60. The maximum atomic E-state index is 12.6. The summed E-state index contributed by atoms with van der Waals surface area (Å²) < 4.78 is 5.41. The van der Waals surface area contributed by atoms with E-state index in [0.717, 1.165) is 5.56 Å². The Morgan fingerprint density at radius 2 is 1.62 bits per heavy atom. The number of hydrogen-bond donors (Lipinski definition) is 0. The van der Waals surface area contributed by atoms with Crippen LogP contribution in [0, 0.1) is 0 Å². The molecule has 0 saturated heterocycles. The Hall–Kier alpha value is -2.95. The first-order chi connectivity index (χ1) is 13.6. The van der Waals surface area contributed by atoms with Gasteiger partial charge in [0.05, 0.1) is 16.7 Å². The van der Waals surface area contributed by atoms with Crippen molar-refractivity contribution in [1.29, 1.82) is 0 Å². The maximum Gasteiger partial charge on any atom is 0.338 e. The number of hydrogen-bond acceptors (Lipinski definition) is 4. The largest absolute Gasteiger partial charge is 0.457 e. The van der Waals surface area contributed by atoms with Gasteiger partial charge in [-0.25, -0.2) is 4.79 Å². The fraction of sp³-hybridized carbons (Fsp3) is 0.375. The van der Waals surface area contributed by atoms with Gasteiger partial charge in [-0.05, 0) is 48.1 Å². The molecular weight excluding hydrogens is 366 g/mol. The topological polar surface area (TPSA) is 63.7 Å². The van der Waals surface area contributed by atoms with Crippen molar-refractivity contribution in [3.63, 3.8) is 0 Å². The second kappa shape index (κ2) is 7.82. The summed E-state index contributed by atoms with van der Waals surface area (Å²) in [6.07, 6.45) is 0.675. The number of carbonyl (C=O) groups is 3. The lowest BCUT2D eigenvalue weighted by molar-refractivity contribution is 0.0472. The molecule has 1 aliphatic rings. The molecule has 2 amide bonds. The van der Waals surface area contributed by atoms with Crippen LogP contribution in [0.2, 0.25) is 0 Å². The van der Waals surface area contributed by atoms with Gasteiger partial charge in [0.25, 0.3) is 11.8 Å². The number of imide groups is 1. The summed E-state index contributed by atoms with van der Waals surface area (Å²) in [4.78, 5) is 38.8. The molecule has 3 rings (SSSR count). The number of ether oxygens (including phenoxy) is 1. The highest BCUT2D eigenvalue weighted by Crippen LogP contribution is 2.27. The van der Waals surface area contributed by atoms with E-state index < -0.39 is 5.97 Å². The predicted molar refractivity (Wildman–Crippen MR) is 111 cm³/mol. The van der Waals surface area contributed by atoms with E-state index in [1.165, 1.54) is 28.7 Å². The molecule has 5 nitrogen and oxygen atoms in total. The average molecular weight is 393 g/mol.